The standard InChI is InChI=1S/2C6H5ClN2O3/c2*7-4-1-3(9(11)12)2-5(8)6(4)10/h2*1-2,10H,8H2. The third kappa shape index (κ3) is 4.51. The quantitative estimate of drug-likeness (QED) is 0.267. The fourth-order valence-corrected chi connectivity index (χ4v) is 1.86. The third-order valence-corrected chi connectivity index (χ3v) is 3.15. The SMILES string of the molecule is Nc1cc([N+](=O)[O-])cc(Cl)c1O.Nc1cc([N+](=O)[O-])cc(Cl)c1O. The van der Waals surface area contributed by atoms with Gasteiger partial charge in [0, 0.05) is 24.3 Å². The van der Waals surface area contributed by atoms with Crippen molar-refractivity contribution >= 4 is 46.0 Å². The lowest BCUT2D eigenvalue weighted by Crippen LogP contribution is -1.92. The van der Waals surface area contributed by atoms with Crippen molar-refractivity contribution in [2.24, 2.45) is 0 Å². The van der Waals surface area contributed by atoms with Gasteiger partial charge in [0.05, 0.1) is 31.3 Å². The van der Waals surface area contributed by atoms with Crippen LogP contribution in [0.4, 0.5) is 22.7 Å². The molecule has 128 valence electrons. The molecule has 0 atom stereocenters. The number of nitrogens with zero attached hydrogens (tertiary/aromatic N) is 2. The molecule has 2 rings (SSSR count). The van der Waals surface area contributed by atoms with E-state index < -0.39 is 9.85 Å². The van der Waals surface area contributed by atoms with Gasteiger partial charge in [-0.05, 0) is 0 Å². The van der Waals surface area contributed by atoms with Crippen LogP contribution in [0, 0.1) is 20.2 Å². The van der Waals surface area contributed by atoms with Crippen LogP contribution in [0.15, 0.2) is 24.3 Å². The van der Waals surface area contributed by atoms with E-state index in [1.165, 1.54) is 0 Å². The molecule has 12 heteroatoms. The molecular weight excluding hydrogens is 367 g/mol. The monoisotopic (exact) mass is 376 g/mol. The lowest BCUT2D eigenvalue weighted by Gasteiger charge is -1.99. The number of nitrogens with two attached hydrogens (primary N) is 2. The molecule has 0 saturated carbocycles. The summed E-state index contributed by atoms with van der Waals surface area (Å²) in [5.41, 5.74) is 9.75. The number of aromatic hydroxyl groups is 2. The predicted octanol–water partition coefficient (Wildman–Crippen LogP) is 3.07. The highest BCUT2D eigenvalue weighted by molar-refractivity contribution is 6.33. The Kier molecular flexibility index (Phi) is 5.98. The van der Waals surface area contributed by atoms with Crippen LogP contribution >= 0.6 is 23.2 Å². The van der Waals surface area contributed by atoms with E-state index in [9.17, 15) is 20.2 Å². The van der Waals surface area contributed by atoms with Gasteiger partial charge in [0.1, 0.15) is 0 Å². The van der Waals surface area contributed by atoms with E-state index in [-0.39, 0.29) is 44.3 Å². The number of hydrogen-bond donors (Lipinski definition) is 4. The van der Waals surface area contributed by atoms with Crippen molar-refractivity contribution in [3.05, 3.63) is 54.5 Å². The third-order valence-electron chi connectivity index (χ3n) is 2.58. The first kappa shape index (κ1) is 19.1. The summed E-state index contributed by atoms with van der Waals surface area (Å²) in [5, 5.41) is 38.3. The van der Waals surface area contributed by atoms with Crippen LogP contribution in [0.3, 0.4) is 0 Å². The number of hydrogen-bond acceptors (Lipinski definition) is 8. The zero-order chi connectivity index (χ0) is 18.6. The zero-order valence-electron chi connectivity index (χ0n) is 11.6. The van der Waals surface area contributed by atoms with Gasteiger partial charge in [-0.3, -0.25) is 20.2 Å². The summed E-state index contributed by atoms with van der Waals surface area (Å²) in [5.74, 6) is -0.662. The number of halogens is 2. The second-order valence-corrected chi connectivity index (χ2v) is 5.06. The molecule has 0 aliphatic heterocycles. The average Bonchev–Trinajstić information content (AvgIpc) is 2.49. The lowest BCUT2D eigenvalue weighted by molar-refractivity contribution is -0.385. The summed E-state index contributed by atoms with van der Waals surface area (Å²) in [6, 6.07) is 4.16. The van der Waals surface area contributed by atoms with Gasteiger partial charge >= 0.3 is 0 Å². The number of benzene rings is 2. The Bertz CT molecular complexity index is 701. The summed E-state index contributed by atoms with van der Waals surface area (Å²) in [4.78, 5) is 19.2. The summed E-state index contributed by atoms with van der Waals surface area (Å²) in [6.45, 7) is 0. The molecule has 0 radical (unpaired) electrons. The first-order valence-corrected chi connectivity index (χ1v) is 6.65. The van der Waals surface area contributed by atoms with Gasteiger partial charge in [0.15, 0.2) is 11.5 Å². The Morgan fingerprint density at radius 1 is 0.792 bits per heavy atom. The number of phenolic OH excluding ortho intramolecular Hbond substituents is 2. The molecule has 0 fully saturated rings. The molecule has 0 aromatic heterocycles. The number of phenols is 2. The van der Waals surface area contributed by atoms with E-state index in [2.05, 4.69) is 0 Å². The number of nitrogen functional groups attached to an aromatic ring is 2. The molecule has 2 aromatic rings. The smallest absolute Gasteiger partial charge is 0.273 e. The second-order valence-electron chi connectivity index (χ2n) is 4.25. The molecule has 0 saturated heterocycles. The largest absolute Gasteiger partial charge is 0.504 e. The van der Waals surface area contributed by atoms with Gasteiger partial charge < -0.3 is 21.7 Å². The lowest BCUT2D eigenvalue weighted by atomic mass is 10.2. The number of anilines is 2. The van der Waals surface area contributed by atoms with E-state index in [4.69, 9.17) is 44.9 Å². The molecule has 6 N–H and O–H groups in total. The second kappa shape index (κ2) is 7.53. The van der Waals surface area contributed by atoms with Crippen molar-refractivity contribution in [3.63, 3.8) is 0 Å². The number of nitro groups is 2. The summed E-state index contributed by atoms with van der Waals surface area (Å²) in [7, 11) is 0. The molecule has 0 amide bonds. The first-order valence-electron chi connectivity index (χ1n) is 5.89. The van der Waals surface area contributed by atoms with Gasteiger partial charge in [-0.2, -0.15) is 0 Å². The van der Waals surface area contributed by atoms with Crippen LogP contribution in [-0.4, -0.2) is 20.1 Å². The maximum Gasteiger partial charge on any atom is 0.273 e. The predicted molar refractivity (Wildman–Crippen MR) is 88.4 cm³/mol. The summed E-state index contributed by atoms with van der Waals surface area (Å²) < 4.78 is 0. The maximum atomic E-state index is 10.2. The number of non-ortho nitro benzene ring substituents is 2. The maximum absolute atomic E-state index is 10.2. The highest BCUT2D eigenvalue weighted by atomic mass is 35.5. The Labute approximate surface area is 144 Å². The fraction of sp³-hybridized carbons (Fsp3) is 0. The van der Waals surface area contributed by atoms with Crippen molar-refractivity contribution < 1.29 is 20.1 Å². The minimum atomic E-state index is -0.637. The summed E-state index contributed by atoms with van der Waals surface area (Å²) in [6.07, 6.45) is 0. The zero-order valence-corrected chi connectivity index (χ0v) is 13.2. The van der Waals surface area contributed by atoms with Crippen molar-refractivity contribution in [1.29, 1.82) is 0 Å². The molecule has 10 nitrogen and oxygen atoms in total. The van der Waals surface area contributed by atoms with Crippen LogP contribution in [0.1, 0.15) is 0 Å². The highest BCUT2D eigenvalue weighted by Crippen LogP contribution is 2.34. The van der Waals surface area contributed by atoms with Crippen LogP contribution in [0.5, 0.6) is 11.5 Å². The number of rotatable bonds is 2. The topological polar surface area (TPSA) is 179 Å². The van der Waals surface area contributed by atoms with Crippen LogP contribution < -0.4 is 11.5 Å². The molecule has 2 aromatic carbocycles. The molecule has 0 heterocycles. The van der Waals surface area contributed by atoms with Crippen molar-refractivity contribution in [2.45, 2.75) is 0 Å². The van der Waals surface area contributed by atoms with Crippen LogP contribution in [0.2, 0.25) is 10.0 Å². The van der Waals surface area contributed by atoms with Gasteiger partial charge in [-0.15, -0.1) is 0 Å². The van der Waals surface area contributed by atoms with E-state index in [1.54, 1.807) is 0 Å². The highest BCUT2D eigenvalue weighted by Gasteiger charge is 2.13. The first-order chi connectivity index (χ1) is 11.0. The average molecular weight is 377 g/mol. The van der Waals surface area contributed by atoms with Gasteiger partial charge in [-0.1, -0.05) is 23.2 Å². The van der Waals surface area contributed by atoms with Gasteiger partial charge in [0.2, 0.25) is 0 Å². The minimum Gasteiger partial charge on any atom is -0.504 e. The minimum absolute atomic E-state index is 0.103. The van der Waals surface area contributed by atoms with E-state index in [0.717, 1.165) is 24.3 Å². The fourth-order valence-electron chi connectivity index (χ4n) is 1.42. The summed E-state index contributed by atoms with van der Waals surface area (Å²) >= 11 is 10.9. The Balaban J connectivity index is 0.000000240. The molecule has 0 spiro atoms. The van der Waals surface area contributed by atoms with E-state index in [0.29, 0.717) is 0 Å². The Morgan fingerprint density at radius 3 is 1.29 bits per heavy atom. The van der Waals surface area contributed by atoms with Crippen molar-refractivity contribution in [3.8, 4) is 11.5 Å². The van der Waals surface area contributed by atoms with Crippen LogP contribution in [0.25, 0.3) is 0 Å². The number of nitro benzene ring substituents is 2. The molecule has 0 aliphatic carbocycles. The van der Waals surface area contributed by atoms with Crippen molar-refractivity contribution in [1.82, 2.24) is 0 Å². The normalized spacial score (nSPS) is 9.75. The molecule has 0 bridgehead atoms. The molecule has 0 aliphatic rings. The van der Waals surface area contributed by atoms with Gasteiger partial charge in [-0.25, -0.2) is 0 Å². The Morgan fingerprint density at radius 2 is 1.08 bits per heavy atom. The van der Waals surface area contributed by atoms with Gasteiger partial charge in [0.25, 0.3) is 11.4 Å². The van der Waals surface area contributed by atoms with Crippen LogP contribution in [-0.2, 0) is 0 Å². The molecule has 0 unspecified atom stereocenters. The molecule has 24 heavy (non-hydrogen) atoms. The Hall–Kier alpha value is -2.98. The van der Waals surface area contributed by atoms with E-state index >= 15 is 0 Å². The van der Waals surface area contributed by atoms with E-state index in [1.807, 2.05) is 0 Å². The van der Waals surface area contributed by atoms with Crippen molar-refractivity contribution in [2.75, 3.05) is 11.5 Å². The molecular formula is C12H10Cl2N4O6.